The first-order valence-electron chi connectivity index (χ1n) is 5.47. The SMILES string of the molecule is COc1ccc(/C=N/Nc2ccccc2Cl)cc1. The number of hydrogen-bond donors (Lipinski definition) is 1. The van der Waals surface area contributed by atoms with Crippen LogP contribution in [0.4, 0.5) is 5.69 Å². The van der Waals surface area contributed by atoms with Gasteiger partial charge in [-0.25, -0.2) is 0 Å². The molecule has 0 heterocycles. The van der Waals surface area contributed by atoms with Crippen LogP contribution in [0.15, 0.2) is 53.6 Å². The molecule has 2 rings (SSSR count). The van der Waals surface area contributed by atoms with E-state index in [1.807, 2.05) is 48.5 Å². The van der Waals surface area contributed by atoms with Crippen LogP contribution in [0.5, 0.6) is 5.75 Å². The van der Waals surface area contributed by atoms with Crippen LogP contribution in [-0.4, -0.2) is 13.3 Å². The third-order valence-corrected chi connectivity index (χ3v) is 2.72. The molecule has 0 bridgehead atoms. The molecule has 0 aliphatic rings. The number of ether oxygens (including phenoxy) is 1. The maximum Gasteiger partial charge on any atom is 0.118 e. The zero-order valence-electron chi connectivity index (χ0n) is 9.93. The number of hydrazone groups is 1. The van der Waals surface area contributed by atoms with Crippen molar-refractivity contribution in [1.29, 1.82) is 0 Å². The fourth-order valence-electron chi connectivity index (χ4n) is 1.42. The van der Waals surface area contributed by atoms with Gasteiger partial charge in [0.05, 0.1) is 24.0 Å². The Morgan fingerprint density at radius 3 is 2.50 bits per heavy atom. The molecule has 0 fully saturated rings. The number of hydrogen-bond acceptors (Lipinski definition) is 3. The number of para-hydroxylation sites is 1. The Labute approximate surface area is 111 Å². The van der Waals surface area contributed by atoms with Gasteiger partial charge in [-0.15, -0.1) is 0 Å². The van der Waals surface area contributed by atoms with Crippen molar-refractivity contribution in [2.45, 2.75) is 0 Å². The lowest BCUT2D eigenvalue weighted by molar-refractivity contribution is 0.415. The fourth-order valence-corrected chi connectivity index (χ4v) is 1.60. The molecule has 0 spiro atoms. The minimum atomic E-state index is 0.643. The lowest BCUT2D eigenvalue weighted by atomic mass is 10.2. The smallest absolute Gasteiger partial charge is 0.118 e. The second-order valence-electron chi connectivity index (χ2n) is 3.62. The first-order chi connectivity index (χ1) is 8.79. The van der Waals surface area contributed by atoms with Crippen LogP contribution in [0, 0.1) is 0 Å². The average molecular weight is 261 g/mol. The van der Waals surface area contributed by atoms with E-state index in [1.54, 1.807) is 13.3 Å². The Balaban J connectivity index is 2.01. The van der Waals surface area contributed by atoms with Gasteiger partial charge in [-0.05, 0) is 42.0 Å². The summed E-state index contributed by atoms with van der Waals surface area (Å²) in [6.45, 7) is 0. The highest BCUT2D eigenvalue weighted by Crippen LogP contribution is 2.20. The first kappa shape index (κ1) is 12.5. The second kappa shape index (κ2) is 6.07. The maximum atomic E-state index is 5.99. The van der Waals surface area contributed by atoms with Gasteiger partial charge in [0, 0.05) is 0 Å². The highest BCUT2D eigenvalue weighted by atomic mass is 35.5. The van der Waals surface area contributed by atoms with Crippen LogP contribution >= 0.6 is 11.6 Å². The molecule has 0 aromatic heterocycles. The topological polar surface area (TPSA) is 33.6 Å². The Hall–Kier alpha value is -2.00. The van der Waals surface area contributed by atoms with Crippen LogP contribution in [-0.2, 0) is 0 Å². The van der Waals surface area contributed by atoms with Crippen LogP contribution in [0.25, 0.3) is 0 Å². The summed E-state index contributed by atoms with van der Waals surface area (Å²) in [6, 6.07) is 15.1. The molecule has 3 nitrogen and oxygen atoms in total. The van der Waals surface area contributed by atoms with Gasteiger partial charge in [0.2, 0.25) is 0 Å². The highest BCUT2D eigenvalue weighted by molar-refractivity contribution is 6.33. The highest BCUT2D eigenvalue weighted by Gasteiger charge is 1.95. The summed E-state index contributed by atoms with van der Waals surface area (Å²) in [5.74, 6) is 0.825. The number of anilines is 1. The molecular formula is C14H13ClN2O. The largest absolute Gasteiger partial charge is 0.497 e. The fraction of sp³-hybridized carbons (Fsp3) is 0.0714. The van der Waals surface area contributed by atoms with E-state index in [1.165, 1.54) is 0 Å². The van der Waals surface area contributed by atoms with Crippen LogP contribution < -0.4 is 10.2 Å². The number of nitrogens with zero attached hydrogens (tertiary/aromatic N) is 1. The Kier molecular flexibility index (Phi) is 4.20. The molecule has 4 heteroatoms. The minimum absolute atomic E-state index is 0.643. The van der Waals surface area contributed by atoms with E-state index in [0.717, 1.165) is 17.0 Å². The summed E-state index contributed by atoms with van der Waals surface area (Å²) in [7, 11) is 1.64. The van der Waals surface area contributed by atoms with Crippen molar-refractivity contribution >= 4 is 23.5 Å². The van der Waals surface area contributed by atoms with Gasteiger partial charge in [0.1, 0.15) is 5.75 Å². The molecule has 0 saturated heterocycles. The molecular weight excluding hydrogens is 248 g/mol. The van der Waals surface area contributed by atoms with Crippen LogP contribution in [0.2, 0.25) is 5.02 Å². The van der Waals surface area contributed by atoms with Gasteiger partial charge in [0.15, 0.2) is 0 Å². The van der Waals surface area contributed by atoms with Crippen molar-refractivity contribution in [2.75, 3.05) is 12.5 Å². The summed E-state index contributed by atoms with van der Waals surface area (Å²) in [4.78, 5) is 0. The molecule has 92 valence electrons. The number of rotatable bonds is 4. The van der Waals surface area contributed by atoms with Crippen LogP contribution in [0.1, 0.15) is 5.56 Å². The maximum absolute atomic E-state index is 5.99. The summed E-state index contributed by atoms with van der Waals surface area (Å²) < 4.78 is 5.08. The summed E-state index contributed by atoms with van der Waals surface area (Å²) in [6.07, 6.45) is 1.72. The van der Waals surface area contributed by atoms with Crippen molar-refractivity contribution in [3.05, 3.63) is 59.1 Å². The van der Waals surface area contributed by atoms with Crippen molar-refractivity contribution in [1.82, 2.24) is 0 Å². The number of nitrogens with one attached hydrogen (secondary N) is 1. The Morgan fingerprint density at radius 2 is 1.83 bits per heavy atom. The Bertz CT molecular complexity index is 538. The zero-order chi connectivity index (χ0) is 12.8. The van der Waals surface area contributed by atoms with E-state index in [0.29, 0.717) is 5.02 Å². The van der Waals surface area contributed by atoms with Gasteiger partial charge >= 0.3 is 0 Å². The molecule has 0 saturated carbocycles. The molecule has 1 N–H and O–H groups in total. The van der Waals surface area contributed by atoms with E-state index in [2.05, 4.69) is 10.5 Å². The van der Waals surface area contributed by atoms with Crippen LogP contribution in [0.3, 0.4) is 0 Å². The third-order valence-electron chi connectivity index (χ3n) is 2.39. The number of methoxy groups -OCH3 is 1. The van der Waals surface area contributed by atoms with Crippen molar-refractivity contribution in [3.63, 3.8) is 0 Å². The summed E-state index contributed by atoms with van der Waals surface area (Å²) in [5, 5.41) is 4.77. The van der Waals surface area contributed by atoms with Crippen molar-refractivity contribution in [2.24, 2.45) is 5.10 Å². The number of halogens is 1. The third kappa shape index (κ3) is 3.25. The molecule has 2 aromatic rings. The lowest BCUT2D eigenvalue weighted by Crippen LogP contribution is -1.91. The predicted octanol–water partition coefficient (Wildman–Crippen LogP) is 3.79. The summed E-state index contributed by atoms with van der Waals surface area (Å²) in [5.41, 5.74) is 4.66. The van der Waals surface area contributed by atoms with Crippen molar-refractivity contribution in [3.8, 4) is 5.75 Å². The zero-order valence-corrected chi connectivity index (χ0v) is 10.7. The molecule has 2 aromatic carbocycles. The van der Waals surface area contributed by atoms with Gasteiger partial charge in [-0.3, -0.25) is 5.43 Å². The molecule has 0 aliphatic heterocycles. The van der Waals surface area contributed by atoms with Gasteiger partial charge in [0.25, 0.3) is 0 Å². The average Bonchev–Trinajstić information content (AvgIpc) is 2.42. The Morgan fingerprint density at radius 1 is 1.11 bits per heavy atom. The number of benzene rings is 2. The quantitative estimate of drug-likeness (QED) is 0.670. The van der Waals surface area contributed by atoms with Gasteiger partial charge in [-0.2, -0.15) is 5.10 Å². The molecule has 18 heavy (non-hydrogen) atoms. The molecule has 0 unspecified atom stereocenters. The van der Waals surface area contributed by atoms with Gasteiger partial charge < -0.3 is 4.74 Å². The monoisotopic (exact) mass is 260 g/mol. The second-order valence-corrected chi connectivity index (χ2v) is 4.03. The van der Waals surface area contributed by atoms with E-state index >= 15 is 0 Å². The summed E-state index contributed by atoms with van der Waals surface area (Å²) >= 11 is 5.99. The lowest BCUT2D eigenvalue weighted by Gasteiger charge is -2.02. The normalized spacial score (nSPS) is 10.6. The van der Waals surface area contributed by atoms with Crippen molar-refractivity contribution < 1.29 is 4.74 Å². The molecule has 0 aliphatic carbocycles. The minimum Gasteiger partial charge on any atom is -0.497 e. The molecule has 0 atom stereocenters. The van der Waals surface area contributed by atoms with Gasteiger partial charge in [-0.1, -0.05) is 23.7 Å². The van der Waals surface area contributed by atoms with E-state index in [4.69, 9.17) is 16.3 Å². The predicted molar refractivity (Wildman–Crippen MR) is 75.7 cm³/mol. The van der Waals surface area contributed by atoms with E-state index in [-0.39, 0.29) is 0 Å². The van der Waals surface area contributed by atoms with E-state index < -0.39 is 0 Å². The standard InChI is InChI=1S/C14H13ClN2O/c1-18-12-8-6-11(7-9-12)10-16-17-14-5-3-2-4-13(14)15/h2-10,17H,1H3/b16-10+. The first-order valence-corrected chi connectivity index (χ1v) is 5.85. The van der Waals surface area contributed by atoms with E-state index in [9.17, 15) is 0 Å². The molecule has 0 amide bonds. The molecule has 0 radical (unpaired) electrons.